The number of unbranched alkanes of at least 4 members (excludes halogenated alkanes) is 1. The number of nitrogens with zero attached hydrogens (tertiary/aromatic N) is 4. The fraction of sp³-hybridized carbons (Fsp3) is 0.515. The Morgan fingerprint density at radius 3 is 2.20 bits per heavy atom. The molecule has 0 spiro atoms. The van der Waals surface area contributed by atoms with Gasteiger partial charge in [0.2, 0.25) is 29.4 Å². The predicted molar refractivity (Wildman–Crippen MR) is 334 cm³/mol. The van der Waals surface area contributed by atoms with Crippen LogP contribution in [0.4, 0.5) is 0 Å². The molecule has 1 saturated heterocycles. The minimum Gasteiger partial charge on any atom is -0.493 e. The number of rotatable bonds is 12. The van der Waals surface area contributed by atoms with Gasteiger partial charge in [-0.2, -0.15) is 0 Å². The molecule has 476 valence electrons. The van der Waals surface area contributed by atoms with Gasteiger partial charge in [-0.05, 0) is 137 Å². The summed E-state index contributed by atoms with van der Waals surface area (Å²) in [7, 11) is 7.59. The molecule has 0 aromatic heterocycles. The second-order valence-electron chi connectivity index (χ2n) is 24.5. The van der Waals surface area contributed by atoms with Crippen molar-refractivity contribution in [2.45, 2.75) is 148 Å². The van der Waals surface area contributed by atoms with E-state index in [1.807, 2.05) is 73.7 Å². The normalized spacial score (nSPS) is 22.0. The molecule has 20 nitrogen and oxygen atoms in total. The van der Waals surface area contributed by atoms with Crippen LogP contribution in [0.3, 0.4) is 0 Å². The van der Waals surface area contributed by atoms with Gasteiger partial charge in [0.1, 0.15) is 30.5 Å². The van der Waals surface area contributed by atoms with Crippen LogP contribution >= 0.6 is 0 Å². The zero-order valence-electron chi connectivity index (χ0n) is 53.1. The van der Waals surface area contributed by atoms with E-state index in [9.17, 15) is 38.4 Å². The number of Topliss-reactive ketones (excluding diaryl/α,β-unsaturated/α-hetero) is 2. The van der Waals surface area contributed by atoms with Crippen LogP contribution < -0.4 is 24.8 Å². The fourth-order valence-corrected chi connectivity index (χ4v) is 10.9. The van der Waals surface area contributed by atoms with Gasteiger partial charge in [0.15, 0.2) is 23.9 Å². The quantitative estimate of drug-likeness (QED) is 0.104. The zero-order chi connectivity index (χ0) is 64.3. The van der Waals surface area contributed by atoms with Crippen molar-refractivity contribution in [3.8, 4) is 17.2 Å². The summed E-state index contributed by atoms with van der Waals surface area (Å²) in [6.07, 6.45) is 6.90. The van der Waals surface area contributed by atoms with E-state index in [0.717, 1.165) is 27.5 Å². The lowest BCUT2D eigenvalue weighted by atomic mass is 9.84. The Morgan fingerprint density at radius 2 is 1.48 bits per heavy atom. The van der Waals surface area contributed by atoms with Crippen molar-refractivity contribution in [2.75, 3.05) is 74.8 Å². The van der Waals surface area contributed by atoms with Gasteiger partial charge in [-0.15, -0.1) is 0 Å². The number of hydrogen-bond acceptors (Lipinski definition) is 14. The van der Waals surface area contributed by atoms with Crippen LogP contribution in [0.15, 0.2) is 97.1 Å². The first-order valence-corrected chi connectivity index (χ1v) is 30.5. The summed E-state index contributed by atoms with van der Waals surface area (Å²) in [5.41, 5.74) is 0.178. The third-order valence-corrected chi connectivity index (χ3v) is 16.3. The van der Waals surface area contributed by atoms with Crippen molar-refractivity contribution in [1.29, 1.82) is 0 Å². The van der Waals surface area contributed by atoms with Crippen molar-refractivity contribution in [3.63, 3.8) is 0 Å². The molecule has 6 rings (SSSR count). The third-order valence-electron chi connectivity index (χ3n) is 16.3. The molecule has 0 aliphatic carbocycles. The molecule has 88 heavy (non-hydrogen) atoms. The zero-order valence-corrected chi connectivity index (χ0v) is 53.1. The van der Waals surface area contributed by atoms with Crippen LogP contribution in [0.2, 0.25) is 0 Å². The highest BCUT2D eigenvalue weighted by Gasteiger charge is 2.42. The second kappa shape index (κ2) is 32.2. The van der Waals surface area contributed by atoms with E-state index in [-0.39, 0.29) is 51.2 Å². The Balaban J connectivity index is 1.36. The van der Waals surface area contributed by atoms with E-state index in [4.69, 9.17) is 23.7 Å². The van der Waals surface area contributed by atoms with Gasteiger partial charge in [-0.3, -0.25) is 38.4 Å². The standard InChI is InChI=1S/C68H90N6O14/c1-12-13-28-54-64(81)70-52(39-49-25-20-23-46-22-14-15-27-51(46)49)65(82)73(9)55(42-88-67(2,3)4)63(80)69-41-59(76)71(7)35-18-17-30-61(78)87-44-68(5,6)62(79)66(83)74-36-19-16-29-53(74)56(75)40-48(33-31-45-32-34-57(84-10)58(37-45)85-11)47-24-21-26-50(38-47)86-43-60(77)72(54)8/h14-15,17,20-27,30,32,34,37-38,48,52-55H,12-13,16,18-19,28-29,31,33,35-36,39-44H2,1-11H3,(H,69,80)(H,70,81)/b30-17-/t48-,52?,53?,54?,55?/m0/s1. The van der Waals surface area contributed by atoms with Gasteiger partial charge in [-0.25, -0.2) is 4.79 Å². The van der Waals surface area contributed by atoms with Crippen LogP contribution in [0.1, 0.15) is 122 Å². The fourth-order valence-electron chi connectivity index (χ4n) is 10.9. The highest BCUT2D eigenvalue weighted by molar-refractivity contribution is 6.38. The van der Waals surface area contributed by atoms with Crippen molar-refractivity contribution >= 4 is 63.8 Å². The number of ketones is 2. The first kappa shape index (κ1) is 69.0. The number of fused-ring (bicyclic) bond motifs is 4. The van der Waals surface area contributed by atoms with E-state index in [1.165, 1.54) is 66.7 Å². The Labute approximate surface area is 517 Å². The highest BCUT2D eigenvalue weighted by atomic mass is 16.5. The van der Waals surface area contributed by atoms with Crippen molar-refractivity contribution < 1.29 is 66.8 Å². The number of benzene rings is 4. The molecule has 2 heterocycles. The molecule has 20 heteroatoms. The topological polar surface area (TPSA) is 237 Å². The summed E-state index contributed by atoms with van der Waals surface area (Å²) >= 11 is 0. The Kier molecular flexibility index (Phi) is 25.2. The molecule has 2 aliphatic rings. The SMILES string of the molecule is CCCCC1C(=O)NC(Cc2cccc3ccccc23)C(=O)N(C)C(COC(C)(C)C)C(=O)NCC(=O)N(C)CC/C=C\C(=O)OCC(C)(C)C(=O)C(=O)N2CCCCC2C(=O)C[C@H](CCc2ccc(OC)c(OC)c2)c2cccc(c2)OCC(=O)N1C. The number of amides is 6. The number of ether oxygens (including phenoxy) is 5. The smallest absolute Gasteiger partial charge is 0.330 e. The number of carbonyl (C=O) groups excluding carboxylic acids is 9. The maximum Gasteiger partial charge on any atom is 0.330 e. The van der Waals surface area contributed by atoms with Crippen LogP contribution in [0.5, 0.6) is 17.2 Å². The molecule has 2 N–H and O–H groups in total. The maximum atomic E-state index is 15.1. The molecule has 0 saturated carbocycles. The van der Waals surface area contributed by atoms with Crippen LogP contribution in [0, 0.1) is 5.41 Å². The molecule has 6 amide bonds. The van der Waals surface area contributed by atoms with Crippen LogP contribution in [-0.2, 0) is 65.5 Å². The number of cyclic esters (lactones) is 1. The van der Waals surface area contributed by atoms with Gasteiger partial charge in [0.25, 0.3) is 11.8 Å². The Morgan fingerprint density at radius 1 is 0.750 bits per heavy atom. The van der Waals surface area contributed by atoms with Gasteiger partial charge in [0.05, 0.1) is 44.4 Å². The Hall–Kier alpha value is -8.13. The van der Waals surface area contributed by atoms with Crippen LogP contribution in [-0.4, -0.2) is 177 Å². The lowest BCUT2D eigenvalue weighted by Gasteiger charge is -2.36. The monoisotopic (exact) mass is 1210 g/mol. The molecule has 2 bridgehead atoms. The van der Waals surface area contributed by atoms with Crippen molar-refractivity contribution in [3.05, 3.63) is 114 Å². The lowest BCUT2D eigenvalue weighted by Crippen LogP contribution is -2.59. The minimum atomic E-state index is -1.46. The Bertz CT molecular complexity index is 3150. The van der Waals surface area contributed by atoms with Gasteiger partial charge in [0, 0.05) is 53.2 Å². The number of hydrogen-bond donors (Lipinski definition) is 2. The van der Waals surface area contributed by atoms with E-state index < -0.39 is 108 Å². The van der Waals surface area contributed by atoms with Gasteiger partial charge >= 0.3 is 5.97 Å². The number of nitrogens with one attached hydrogen (secondary N) is 2. The number of carbonyl (C=O) groups is 9. The van der Waals surface area contributed by atoms with Crippen molar-refractivity contribution in [1.82, 2.24) is 30.2 Å². The number of methoxy groups -OCH3 is 2. The summed E-state index contributed by atoms with van der Waals surface area (Å²) in [6.45, 7) is 9.07. The largest absolute Gasteiger partial charge is 0.493 e. The molecule has 2 aliphatic heterocycles. The lowest BCUT2D eigenvalue weighted by molar-refractivity contribution is -0.156. The van der Waals surface area contributed by atoms with E-state index in [2.05, 4.69) is 10.6 Å². The summed E-state index contributed by atoms with van der Waals surface area (Å²) in [5.74, 6) is -4.60. The number of likely N-dealkylation sites (N-methyl/N-ethyl adjacent to an activating group) is 3. The van der Waals surface area contributed by atoms with E-state index in [0.29, 0.717) is 62.2 Å². The summed E-state index contributed by atoms with van der Waals surface area (Å²) < 4.78 is 28.9. The van der Waals surface area contributed by atoms with Crippen molar-refractivity contribution in [2.24, 2.45) is 5.41 Å². The first-order chi connectivity index (χ1) is 41.9. The number of esters is 1. The van der Waals surface area contributed by atoms with Crippen LogP contribution in [0.25, 0.3) is 10.8 Å². The first-order valence-electron chi connectivity index (χ1n) is 30.5. The maximum absolute atomic E-state index is 15.1. The summed E-state index contributed by atoms with van der Waals surface area (Å²) in [5, 5.41) is 7.44. The predicted octanol–water partition coefficient (Wildman–Crippen LogP) is 7.35. The third kappa shape index (κ3) is 19.2. The average Bonchev–Trinajstić information content (AvgIpc) is 1.80. The highest BCUT2D eigenvalue weighted by Crippen LogP contribution is 2.34. The average molecular weight is 1220 g/mol. The van der Waals surface area contributed by atoms with E-state index in [1.54, 1.807) is 53.2 Å². The van der Waals surface area contributed by atoms with E-state index >= 15 is 4.79 Å². The summed E-state index contributed by atoms with van der Waals surface area (Å²) in [6, 6.07) is 21.5. The van der Waals surface area contributed by atoms with Gasteiger partial charge < -0.3 is 53.9 Å². The molecule has 4 unspecified atom stereocenters. The summed E-state index contributed by atoms with van der Waals surface area (Å²) in [4.78, 5) is 133. The molecular formula is C68H90N6O14. The number of piperidine rings is 1. The number of aryl methyl sites for hydroxylation is 1. The van der Waals surface area contributed by atoms with Gasteiger partial charge in [-0.1, -0.05) is 86.5 Å². The molecule has 5 atom stereocenters. The molecule has 1 fully saturated rings. The second-order valence-corrected chi connectivity index (χ2v) is 24.5. The molecular weight excluding hydrogens is 1120 g/mol. The molecule has 4 aromatic carbocycles. The minimum absolute atomic E-state index is 0.00731. The molecule has 4 aromatic rings. The molecule has 0 radical (unpaired) electrons.